The first-order valence-corrected chi connectivity index (χ1v) is 2.67. The van der Waals surface area contributed by atoms with E-state index >= 15 is 0 Å². The fourth-order valence-corrected chi connectivity index (χ4v) is 0.303. The highest BCUT2D eigenvalue weighted by molar-refractivity contribution is 5.87. The number of nitrogens with zero attached hydrogens (tertiary/aromatic N) is 1. The van der Waals surface area contributed by atoms with Crippen LogP contribution in [0.2, 0.25) is 0 Å². The second-order valence-corrected chi connectivity index (χ2v) is 1.82. The van der Waals surface area contributed by atoms with Gasteiger partial charge in [-0.1, -0.05) is 6.08 Å². The van der Waals surface area contributed by atoms with E-state index in [2.05, 4.69) is 0 Å². The molecule has 0 aliphatic rings. The Bertz CT molecular complexity index is 118. The SMILES string of the molecule is CN(C)C(=O)C=CCO. The number of carbonyl (C=O) groups excluding carboxylic acids is 1. The Kier molecular flexibility index (Phi) is 3.71. The van der Waals surface area contributed by atoms with Gasteiger partial charge in [-0.2, -0.15) is 0 Å². The number of likely N-dealkylation sites (N-methyl/N-ethyl adjacent to an activating group) is 1. The van der Waals surface area contributed by atoms with Crippen molar-refractivity contribution in [3.05, 3.63) is 12.2 Å². The number of rotatable bonds is 2. The molecule has 0 aliphatic heterocycles. The van der Waals surface area contributed by atoms with E-state index in [1.54, 1.807) is 14.1 Å². The van der Waals surface area contributed by atoms with Crippen molar-refractivity contribution in [1.82, 2.24) is 4.90 Å². The average Bonchev–Trinajstić information content (AvgIpc) is 1.82. The van der Waals surface area contributed by atoms with Gasteiger partial charge in [-0.15, -0.1) is 0 Å². The normalized spacial score (nSPS) is 10.1. The number of amides is 1. The van der Waals surface area contributed by atoms with Gasteiger partial charge in [0.1, 0.15) is 0 Å². The lowest BCUT2D eigenvalue weighted by atomic mass is 10.4. The van der Waals surface area contributed by atoms with Crippen LogP contribution < -0.4 is 0 Å². The summed E-state index contributed by atoms with van der Waals surface area (Å²) in [6.07, 6.45) is 2.74. The number of aliphatic hydroxyl groups excluding tert-OH is 1. The third kappa shape index (κ3) is 3.73. The highest BCUT2D eigenvalue weighted by atomic mass is 16.2. The van der Waals surface area contributed by atoms with Crippen molar-refractivity contribution in [3.63, 3.8) is 0 Å². The Morgan fingerprint density at radius 3 is 2.56 bits per heavy atom. The summed E-state index contributed by atoms with van der Waals surface area (Å²) < 4.78 is 0. The molecule has 3 heteroatoms. The predicted octanol–water partition coefficient (Wildman–Crippen LogP) is -0.377. The van der Waals surface area contributed by atoms with Crippen molar-refractivity contribution >= 4 is 5.91 Å². The topological polar surface area (TPSA) is 40.5 Å². The van der Waals surface area contributed by atoms with Crippen molar-refractivity contribution in [3.8, 4) is 0 Å². The zero-order valence-corrected chi connectivity index (χ0v) is 5.66. The summed E-state index contributed by atoms with van der Waals surface area (Å²) in [4.78, 5) is 12.1. The maximum absolute atomic E-state index is 10.6. The Labute approximate surface area is 54.6 Å². The van der Waals surface area contributed by atoms with E-state index in [1.807, 2.05) is 0 Å². The maximum Gasteiger partial charge on any atom is 0.245 e. The molecule has 0 atom stereocenters. The first-order valence-electron chi connectivity index (χ1n) is 2.67. The summed E-state index contributed by atoms with van der Waals surface area (Å²) in [7, 11) is 3.31. The molecule has 0 aliphatic carbocycles. The monoisotopic (exact) mass is 129 g/mol. The molecule has 0 radical (unpaired) electrons. The fourth-order valence-electron chi connectivity index (χ4n) is 0.303. The summed E-state index contributed by atoms with van der Waals surface area (Å²) in [6, 6.07) is 0. The van der Waals surface area contributed by atoms with Crippen LogP contribution in [-0.4, -0.2) is 36.6 Å². The van der Waals surface area contributed by atoms with E-state index in [0.29, 0.717) is 0 Å². The highest BCUT2D eigenvalue weighted by Crippen LogP contribution is 1.79. The highest BCUT2D eigenvalue weighted by Gasteiger charge is 1.93. The van der Waals surface area contributed by atoms with Crippen LogP contribution in [0.25, 0.3) is 0 Å². The lowest BCUT2D eigenvalue weighted by Crippen LogP contribution is -2.18. The van der Waals surface area contributed by atoms with Crippen LogP contribution in [0.1, 0.15) is 0 Å². The van der Waals surface area contributed by atoms with E-state index in [9.17, 15) is 4.79 Å². The lowest BCUT2D eigenvalue weighted by Gasteiger charge is -2.04. The molecule has 0 heterocycles. The van der Waals surface area contributed by atoms with Gasteiger partial charge in [0.25, 0.3) is 0 Å². The molecule has 9 heavy (non-hydrogen) atoms. The quantitative estimate of drug-likeness (QED) is 0.516. The van der Waals surface area contributed by atoms with Gasteiger partial charge < -0.3 is 10.0 Å². The summed E-state index contributed by atoms with van der Waals surface area (Å²) in [6.45, 7) is -0.0837. The molecule has 0 aromatic rings. The second-order valence-electron chi connectivity index (χ2n) is 1.82. The number of carbonyl (C=O) groups is 1. The zero-order chi connectivity index (χ0) is 7.28. The third-order valence-electron chi connectivity index (χ3n) is 0.807. The van der Waals surface area contributed by atoms with Crippen LogP contribution in [0, 0.1) is 0 Å². The molecule has 0 fully saturated rings. The number of aliphatic hydroxyl groups is 1. The maximum atomic E-state index is 10.6. The first kappa shape index (κ1) is 8.17. The van der Waals surface area contributed by atoms with Crippen molar-refractivity contribution in [2.45, 2.75) is 0 Å². The lowest BCUT2D eigenvalue weighted by molar-refractivity contribution is -0.123. The van der Waals surface area contributed by atoms with Gasteiger partial charge in [0.2, 0.25) is 5.91 Å². The zero-order valence-electron chi connectivity index (χ0n) is 5.66. The van der Waals surface area contributed by atoms with E-state index in [4.69, 9.17) is 5.11 Å². The van der Waals surface area contributed by atoms with E-state index in [0.717, 1.165) is 0 Å². The van der Waals surface area contributed by atoms with Crippen molar-refractivity contribution in [2.24, 2.45) is 0 Å². The van der Waals surface area contributed by atoms with Crippen LogP contribution in [-0.2, 0) is 4.79 Å². The van der Waals surface area contributed by atoms with Gasteiger partial charge in [-0.25, -0.2) is 0 Å². The van der Waals surface area contributed by atoms with Gasteiger partial charge in [0, 0.05) is 20.2 Å². The van der Waals surface area contributed by atoms with Gasteiger partial charge in [-0.3, -0.25) is 4.79 Å². The van der Waals surface area contributed by atoms with Crippen LogP contribution in [0.4, 0.5) is 0 Å². The Hall–Kier alpha value is -0.830. The third-order valence-corrected chi connectivity index (χ3v) is 0.807. The predicted molar refractivity (Wildman–Crippen MR) is 34.9 cm³/mol. The van der Waals surface area contributed by atoms with E-state index < -0.39 is 0 Å². The molecule has 0 aromatic carbocycles. The summed E-state index contributed by atoms with van der Waals surface area (Å²) >= 11 is 0. The Balaban J connectivity index is 3.63. The van der Waals surface area contributed by atoms with Crippen LogP contribution in [0.15, 0.2) is 12.2 Å². The standard InChI is InChI=1S/C6H11NO2/c1-7(2)6(9)4-3-5-8/h3-4,8H,5H2,1-2H3. The summed E-state index contributed by atoms with van der Waals surface area (Å²) in [5.74, 6) is -0.107. The van der Waals surface area contributed by atoms with E-state index in [1.165, 1.54) is 17.1 Å². The van der Waals surface area contributed by atoms with Gasteiger partial charge >= 0.3 is 0 Å². The molecule has 52 valence electrons. The fraction of sp³-hybridized carbons (Fsp3) is 0.500. The molecule has 0 aromatic heterocycles. The second kappa shape index (κ2) is 4.09. The molecular weight excluding hydrogens is 118 g/mol. The minimum Gasteiger partial charge on any atom is -0.392 e. The molecule has 0 bridgehead atoms. The molecule has 0 rings (SSSR count). The molecule has 1 amide bonds. The molecule has 0 unspecified atom stereocenters. The molecule has 0 saturated heterocycles. The minimum atomic E-state index is -0.107. The Morgan fingerprint density at radius 2 is 2.22 bits per heavy atom. The minimum absolute atomic E-state index is 0.0837. The molecule has 3 nitrogen and oxygen atoms in total. The van der Waals surface area contributed by atoms with Crippen LogP contribution in [0.3, 0.4) is 0 Å². The molecule has 0 spiro atoms. The van der Waals surface area contributed by atoms with Gasteiger partial charge in [-0.05, 0) is 0 Å². The van der Waals surface area contributed by atoms with Crippen molar-refractivity contribution in [2.75, 3.05) is 20.7 Å². The van der Waals surface area contributed by atoms with E-state index in [-0.39, 0.29) is 12.5 Å². The molecular formula is C6H11NO2. The Morgan fingerprint density at radius 1 is 1.67 bits per heavy atom. The summed E-state index contributed by atoms with van der Waals surface area (Å²) in [5, 5.41) is 8.24. The average molecular weight is 129 g/mol. The number of hydrogen-bond acceptors (Lipinski definition) is 2. The van der Waals surface area contributed by atoms with Gasteiger partial charge in [0.05, 0.1) is 6.61 Å². The molecule has 0 saturated carbocycles. The summed E-state index contributed by atoms with van der Waals surface area (Å²) in [5.41, 5.74) is 0. The largest absolute Gasteiger partial charge is 0.392 e. The molecule has 1 N–H and O–H groups in total. The van der Waals surface area contributed by atoms with Crippen LogP contribution >= 0.6 is 0 Å². The smallest absolute Gasteiger partial charge is 0.245 e. The van der Waals surface area contributed by atoms with Crippen molar-refractivity contribution in [1.29, 1.82) is 0 Å². The van der Waals surface area contributed by atoms with Gasteiger partial charge in [0.15, 0.2) is 0 Å². The number of hydrogen-bond donors (Lipinski definition) is 1. The first-order chi connectivity index (χ1) is 4.18. The van der Waals surface area contributed by atoms with Crippen LogP contribution in [0.5, 0.6) is 0 Å². The van der Waals surface area contributed by atoms with Crippen molar-refractivity contribution < 1.29 is 9.90 Å².